The van der Waals surface area contributed by atoms with Gasteiger partial charge in [0, 0.05) is 4.88 Å². The maximum absolute atomic E-state index is 12.4. The highest BCUT2D eigenvalue weighted by Crippen LogP contribution is 2.44. The van der Waals surface area contributed by atoms with Crippen LogP contribution in [-0.2, 0) is 24.1 Å². The van der Waals surface area contributed by atoms with Gasteiger partial charge in [0.05, 0.1) is 12.0 Å². The van der Waals surface area contributed by atoms with E-state index in [9.17, 15) is 14.7 Å². The lowest BCUT2D eigenvalue weighted by Gasteiger charge is -2.33. The molecule has 4 nitrogen and oxygen atoms in total. The zero-order valence-corrected chi connectivity index (χ0v) is 16.3. The number of amides is 1. The van der Waals surface area contributed by atoms with Crippen LogP contribution in [0.5, 0.6) is 0 Å². The fourth-order valence-electron chi connectivity index (χ4n) is 3.59. The number of aromatic carboxylic acids is 1. The van der Waals surface area contributed by atoms with Gasteiger partial charge in [-0.15, -0.1) is 11.3 Å². The number of hydrogen-bond acceptors (Lipinski definition) is 3. The third kappa shape index (κ3) is 3.98. The summed E-state index contributed by atoms with van der Waals surface area (Å²) in [5.74, 6) is -0.598. The molecule has 1 heterocycles. The standard InChI is InChI=1S/C21H25NO3S/c1-21(2,3)14-9-10-15-16(12-14)26-19(18(15)20(24)25)22-17(23)11-13-7-5-4-6-8-13/h4-8,14H,9-12H2,1-3H3,(H,22,23)(H,24,25). The quantitative estimate of drug-likeness (QED) is 0.813. The summed E-state index contributed by atoms with van der Waals surface area (Å²) in [4.78, 5) is 25.3. The number of fused-ring (bicyclic) bond motifs is 1. The summed E-state index contributed by atoms with van der Waals surface area (Å²) >= 11 is 1.44. The van der Waals surface area contributed by atoms with Gasteiger partial charge in [-0.05, 0) is 41.7 Å². The number of rotatable bonds is 4. The molecule has 3 rings (SSSR count). The Morgan fingerprint density at radius 1 is 1.23 bits per heavy atom. The molecule has 0 fully saturated rings. The van der Waals surface area contributed by atoms with Crippen molar-refractivity contribution in [1.82, 2.24) is 0 Å². The summed E-state index contributed by atoms with van der Waals surface area (Å²) < 4.78 is 0. The minimum atomic E-state index is -0.952. The molecule has 1 aromatic carbocycles. The largest absolute Gasteiger partial charge is 0.478 e. The normalized spacial score (nSPS) is 16.8. The van der Waals surface area contributed by atoms with Crippen LogP contribution in [-0.4, -0.2) is 17.0 Å². The van der Waals surface area contributed by atoms with E-state index in [2.05, 4.69) is 26.1 Å². The van der Waals surface area contributed by atoms with E-state index in [0.29, 0.717) is 16.5 Å². The summed E-state index contributed by atoms with van der Waals surface area (Å²) in [6.07, 6.45) is 2.89. The molecule has 1 amide bonds. The molecule has 1 aromatic heterocycles. The van der Waals surface area contributed by atoms with Crippen LogP contribution in [0.3, 0.4) is 0 Å². The van der Waals surface area contributed by atoms with Gasteiger partial charge in [0.25, 0.3) is 0 Å². The highest BCUT2D eigenvalue weighted by atomic mass is 32.1. The Morgan fingerprint density at radius 2 is 1.92 bits per heavy atom. The predicted octanol–water partition coefficient (Wildman–Crippen LogP) is 4.78. The van der Waals surface area contributed by atoms with Gasteiger partial charge in [0.1, 0.15) is 5.00 Å². The van der Waals surface area contributed by atoms with Crippen molar-refractivity contribution in [2.45, 2.75) is 46.5 Å². The second-order valence-electron chi connectivity index (χ2n) is 8.03. The van der Waals surface area contributed by atoms with Gasteiger partial charge in [-0.3, -0.25) is 4.79 Å². The van der Waals surface area contributed by atoms with Crippen molar-refractivity contribution < 1.29 is 14.7 Å². The molecule has 1 aliphatic rings. The van der Waals surface area contributed by atoms with Gasteiger partial charge in [0.2, 0.25) is 5.91 Å². The van der Waals surface area contributed by atoms with Crippen LogP contribution in [0, 0.1) is 11.3 Å². The molecule has 1 atom stereocenters. The number of benzene rings is 1. The van der Waals surface area contributed by atoms with Crippen molar-refractivity contribution in [3.63, 3.8) is 0 Å². The Morgan fingerprint density at radius 3 is 2.54 bits per heavy atom. The molecule has 0 bridgehead atoms. The minimum absolute atomic E-state index is 0.176. The van der Waals surface area contributed by atoms with E-state index in [-0.39, 0.29) is 17.7 Å². The minimum Gasteiger partial charge on any atom is -0.478 e. The molecule has 5 heteroatoms. The highest BCUT2D eigenvalue weighted by Gasteiger charge is 2.34. The Hall–Kier alpha value is -2.14. The molecular weight excluding hydrogens is 346 g/mol. The molecule has 2 aromatic rings. The molecule has 0 aliphatic heterocycles. The zero-order chi connectivity index (χ0) is 18.9. The molecule has 0 radical (unpaired) electrons. The molecule has 1 unspecified atom stereocenters. The number of anilines is 1. The summed E-state index contributed by atoms with van der Waals surface area (Å²) in [5.41, 5.74) is 2.31. The topological polar surface area (TPSA) is 66.4 Å². The monoisotopic (exact) mass is 371 g/mol. The van der Waals surface area contributed by atoms with Crippen LogP contribution in [0.4, 0.5) is 5.00 Å². The molecule has 138 valence electrons. The summed E-state index contributed by atoms with van der Waals surface area (Å²) in [6, 6.07) is 9.47. The second-order valence-corrected chi connectivity index (χ2v) is 9.13. The first-order valence-electron chi connectivity index (χ1n) is 8.97. The summed E-state index contributed by atoms with van der Waals surface area (Å²) in [7, 11) is 0. The summed E-state index contributed by atoms with van der Waals surface area (Å²) in [6.45, 7) is 6.70. The second kappa shape index (κ2) is 7.23. The lowest BCUT2D eigenvalue weighted by molar-refractivity contribution is -0.115. The molecule has 0 spiro atoms. The van der Waals surface area contributed by atoms with Crippen LogP contribution >= 0.6 is 11.3 Å². The highest BCUT2D eigenvalue weighted by molar-refractivity contribution is 7.17. The van der Waals surface area contributed by atoms with Crippen molar-refractivity contribution in [2.24, 2.45) is 11.3 Å². The molecule has 1 aliphatic carbocycles. The maximum atomic E-state index is 12.4. The third-order valence-electron chi connectivity index (χ3n) is 5.16. The van der Waals surface area contributed by atoms with Crippen LogP contribution < -0.4 is 5.32 Å². The number of carbonyl (C=O) groups excluding carboxylic acids is 1. The number of thiophene rings is 1. The first-order valence-corrected chi connectivity index (χ1v) is 9.79. The lowest BCUT2D eigenvalue weighted by atomic mass is 9.72. The number of carboxylic acids is 1. The van der Waals surface area contributed by atoms with Gasteiger partial charge < -0.3 is 10.4 Å². The Balaban J connectivity index is 1.83. The zero-order valence-electron chi connectivity index (χ0n) is 15.5. The van der Waals surface area contributed by atoms with E-state index in [1.165, 1.54) is 11.3 Å². The van der Waals surface area contributed by atoms with E-state index in [0.717, 1.165) is 35.3 Å². The van der Waals surface area contributed by atoms with Gasteiger partial charge >= 0.3 is 5.97 Å². The molecule has 26 heavy (non-hydrogen) atoms. The van der Waals surface area contributed by atoms with E-state index in [4.69, 9.17) is 0 Å². The van der Waals surface area contributed by atoms with Gasteiger partial charge in [0.15, 0.2) is 0 Å². The van der Waals surface area contributed by atoms with Crippen LogP contribution in [0.1, 0.15) is 53.6 Å². The van der Waals surface area contributed by atoms with Crippen molar-refractivity contribution in [1.29, 1.82) is 0 Å². The maximum Gasteiger partial charge on any atom is 0.339 e. The molecule has 2 N–H and O–H groups in total. The van der Waals surface area contributed by atoms with E-state index in [1.54, 1.807) is 0 Å². The number of carbonyl (C=O) groups is 2. The smallest absolute Gasteiger partial charge is 0.339 e. The number of nitrogens with one attached hydrogen (secondary N) is 1. The number of hydrogen-bond donors (Lipinski definition) is 2. The van der Waals surface area contributed by atoms with Gasteiger partial charge in [-0.25, -0.2) is 4.79 Å². The van der Waals surface area contributed by atoms with Crippen molar-refractivity contribution in [3.8, 4) is 0 Å². The Labute approximate surface area is 158 Å². The van der Waals surface area contributed by atoms with Gasteiger partial charge in [-0.2, -0.15) is 0 Å². The Bertz CT molecular complexity index is 818. The van der Waals surface area contributed by atoms with Crippen molar-refractivity contribution in [3.05, 3.63) is 51.9 Å². The van der Waals surface area contributed by atoms with E-state index in [1.807, 2.05) is 30.3 Å². The molecule has 0 saturated carbocycles. The fraction of sp³-hybridized carbons (Fsp3) is 0.429. The van der Waals surface area contributed by atoms with Gasteiger partial charge in [-0.1, -0.05) is 51.1 Å². The number of carboxylic acid groups (broad SMARTS) is 1. The fourth-order valence-corrected chi connectivity index (χ4v) is 4.93. The van der Waals surface area contributed by atoms with Crippen LogP contribution in [0.2, 0.25) is 0 Å². The SMILES string of the molecule is CC(C)(C)C1CCc2c(sc(NC(=O)Cc3ccccc3)c2C(=O)O)C1. The Kier molecular flexibility index (Phi) is 5.19. The van der Waals surface area contributed by atoms with Crippen molar-refractivity contribution >= 4 is 28.2 Å². The van der Waals surface area contributed by atoms with E-state index >= 15 is 0 Å². The third-order valence-corrected chi connectivity index (χ3v) is 6.33. The average molecular weight is 372 g/mol. The van der Waals surface area contributed by atoms with Crippen LogP contribution in [0.15, 0.2) is 30.3 Å². The summed E-state index contributed by atoms with van der Waals surface area (Å²) in [5, 5.41) is 13.0. The first-order chi connectivity index (χ1) is 12.3. The predicted molar refractivity (Wildman–Crippen MR) is 105 cm³/mol. The van der Waals surface area contributed by atoms with Crippen molar-refractivity contribution in [2.75, 3.05) is 5.32 Å². The molecule has 0 saturated heterocycles. The lowest BCUT2D eigenvalue weighted by Crippen LogP contribution is -2.26. The molecular formula is C21H25NO3S. The van der Waals surface area contributed by atoms with Crippen LogP contribution in [0.25, 0.3) is 0 Å². The average Bonchev–Trinajstić information content (AvgIpc) is 2.91. The van der Waals surface area contributed by atoms with E-state index < -0.39 is 5.97 Å². The first kappa shape index (κ1) is 18.6.